The molecule has 0 atom stereocenters. The molecule has 244 valence electrons. The number of rotatable bonds is 12. The number of aryl methyl sites for hydroxylation is 2. The molecule has 5 rings (SSSR count). The van der Waals surface area contributed by atoms with Crippen molar-refractivity contribution in [2.45, 2.75) is 70.3 Å². The summed E-state index contributed by atoms with van der Waals surface area (Å²) in [6.45, 7) is 3.92. The van der Waals surface area contributed by atoms with Crippen LogP contribution in [-0.2, 0) is 17.6 Å². The first kappa shape index (κ1) is 33.0. The van der Waals surface area contributed by atoms with E-state index in [4.69, 9.17) is 5.73 Å². The van der Waals surface area contributed by atoms with Gasteiger partial charge in [0.15, 0.2) is 0 Å². The van der Waals surface area contributed by atoms with E-state index < -0.39 is 12.1 Å². The second-order valence-electron chi connectivity index (χ2n) is 12.4. The Morgan fingerprint density at radius 3 is 2.02 bits per heavy atom. The Bertz CT molecular complexity index is 1420. The van der Waals surface area contributed by atoms with Crippen LogP contribution in [0.1, 0.15) is 62.5 Å². The van der Waals surface area contributed by atoms with Gasteiger partial charge in [0.25, 0.3) is 0 Å². The largest absolute Gasteiger partial charge is 0.367 e. The lowest BCUT2D eigenvalue weighted by Crippen LogP contribution is -2.51. The molecular weight excluding hydrogens is 576 g/mol. The van der Waals surface area contributed by atoms with E-state index in [1.807, 2.05) is 60.7 Å². The monoisotopic (exact) mass is 624 g/mol. The summed E-state index contributed by atoms with van der Waals surface area (Å²) >= 11 is 0. The molecule has 9 heteroatoms. The van der Waals surface area contributed by atoms with Crippen molar-refractivity contribution in [1.82, 2.24) is 9.80 Å². The molecule has 1 saturated heterocycles. The van der Waals surface area contributed by atoms with Gasteiger partial charge in [-0.25, -0.2) is 14.5 Å². The number of hydrogen-bond acceptors (Lipinski definition) is 5. The highest BCUT2D eigenvalue weighted by Crippen LogP contribution is 2.32. The number of nitrogens with two attached hydrogens (primary N) is 1. The van der Waals surface area contributed by atoms with Gasteiger partial charge in [-0.15, -0.1) is 0 Å². The lowest BCUT2D eigenvalue weighted by atomic mass is 9.94. The molecule has 1 heterocycles. The average molecular weight is 625 g/mol. The number of amides is 5. The van der Waals surface area contributed by atoms with Crippen molar-refractivity contribution in [1.29, 1.82) is 0 Å². The van der Waals surface area contributed by atoms with Gasteiger partial charge >= 0.3 is 12.1 Å². The molecule has 0 spiro atoms. The number of carbonyl (C=O) groups is 3. The summed E-state index contributed by atoms with van der Waals surface area (Å²) < 4.78 is 0. The zero-order chi connectivity index (χ0) is 32.1. The van der Waals surface area contributed by atoms with Crippen LogP contribution < -0.4 is 21.3 Å². The first-order chi connectivity index (χ1) is 22.5. The Hall–Kier alpha value is -4.37. The van der Waals surface area contributed by atoms with E-state index in [2.05, 4.69) is 32.6 Å². The maximum Gasteiger partial charge on any atom is 0.329 e. The van der Waals surface area contributed by atoms with Crippen LogP contribution in [0, 0.1) is 0 Å². The van der Waals surface area contributed by atoms with Crippen LogP contribution in [-0.4, -0.2) is 66.5 Å². The molecule has 1 aliphatic heterocycles. The van der Waals surface area contributed by atoms with Crippen LogP contribution >= 0.6 is 0 Å². The number of anilines is 3. The molecule has 46 heavy (non-hydrogen) atoms. The van der Waals surface area contributed by atoms with Gasteiger partial charge in [-0.3, -0.25) is 9.69 Å². The van der Waals surface area contributed by atoms with Gasteiger partial charge in [-0.2, -0.15) is 0 Å². The average Bonchev–Trinajstić information content (AvgIpc) is 3.08. The number of piperazine rings is 1. The van der Waals surface area contributed by atoms with Gasteiger partial charge in [0.05, 0.1) is 11.4 Å². The minimum absolute atomic E-state index is 0.0684. The fourth-order valence-corrected chi connectivity index (χ4v) is 6.66. The van der Waals surface area contributed by atoms with E-state index in [0.717, 1.165) is 61.6 Å². The number of hydrogen-bond donors (Lipinski definition) is 3. The normalized spacial score (nSPS) is 15.7. The van der Waals surface area contributed by atoms with Crippen molar-refractivity contribution >= 4 is 35.0 Å². The number of carbonyl (C=O) groups excluding carboxylic acids is 3. The molecule has 3 aromatic rings. The van der Waals surface area contributed by atoms with Crippen LogP contribution in [0.5, 0.6) is 0 Å². The number of benzene rings is 3. The summed E-state index contributed by atoms with van der Waals surface area (Å²) in [5.41, 5.74) is 10.0. The molecule has 5 amide bonds. The summed E-state index contributed by atoms with van der Waals surface area (Å²) in [5, 5.41) is 5.97. The second kappa shape index (κ2) is 16.8. The predicted octanol–water partition coefficient (Wildman–Crippen LogP) is 6.65. The molecule has 9 nitrogen and oxygen atoms in total. The quantitative estimate of drug-likeness (QED) is 0.209. The molecular formula is C37H48N6O3. The summed E-state index contributed by atoms with van der Waals surface area (Å²) in [7, 11) is 0. The maximum absolute atomic E-state index is 13.2. The van der Waals surface area contributed by atoms with E-state index in [0.29, 0.717) is 30.3 Å². The van der Waals surface area contributed by atoms with Crippen LogP contribution in [0.15, 0.2) is 78.9 Å². The van der Waals surface area contributed by atoms with Crippen molar-refractivity contribution in [3.8, 4) is 0 Å². The fraction of sp³-hybridized carbons (Fsp3) is 0.432. The number of urea groups is 2. The molecule has 1 aliphatic carbocycles. The molecule has 2 aliphatic rings. The number of primary amides is 1. The van der Waals surface area contributed by atoms with Crippen molar-refractivity contribution in [2.24, 2.45) is 5.73 Å². The van der Waals surface area contributed by atoms with Crippen molar-refractivity contribution in [3.63, 3.8) is 0 Å². The topological polar surface area (TPSA) is 111 Å². The molecule has 0 bridgehead atoms. The maximum atomic E-state index is 13.2. The molecule has 0 unspecified atom stereocenters. The standard InChI is InChI=1S/C37H48N6O3/c38-36(45)43(23-11-17-30-14-6-2-7-15-30)37(46)39-31-21-22-34(42-26-24-41(25-27-42)32-18-8-3-9-19-32)33(28-31)40-35(44)20-10-16-29-12-4-1-5-13-29/h1-2,4-7,12-15,21-22,28,32H,3,8-11,16-20,23-27H2,(H2,38,45)(H,39,46)(H,40,44). The number of imide groups is 1. The Kier molecular flexibility index (Phi) is 12.1. The molecule has 1 saturated carbocycles. The van der Waals surface area contributed by atoms with Gasteiger partial charge < -0.3 is 21.3 Å². The fourth-order valence-electron chi connectivity index (χ4n) is 6.66. The second-order valence-corrected chi connectivity index (χ2v) is 12.4. The van der Waals surface area contributed by atoms with Gasteiger partial charge in [-0.05, 0) is 67.9 Å². The van der Waals surface area contributed by atoms with Crippen LogP contribution in [0.25, 0.3) is 0 Å². The van der Waals surface area contributed by atoms with E-state index in [1.54, 1.807) is 6.07 Å². The van der Waals surface area contributed by atoms with E-state index >= 15 is 0 Å². The van der Waals surface area contributed by atoms with Crippen LogP contribution in [0.3, 0.4) is 0 Å². The van der Waals surface area contributed by atoms with Crippen molar-refractivity contribution in [3.05, 3.63) is 90.0 Å². The third-order valence-electron chi connectivity index (χ3n) is 9.18. The lowest BCUT2D eigenvalue weighted by Gasteiger charge is -2.42. The third kappa shape index (κ3) is 9.57. The zero-order valence-corrected chi connectivity index (χ0v) is 26.8. The summed E-state index contributed by atoms with van der Waals surface area (Å²) in [6.07, 6.45) is 9.82. The summed E-state index contributed by atoms with van der Waals surface area (Å²) in [6, 6.07) is 25.0. The van der Waals surface area contributed by atoms with Crippen molar-refractivity contribution in [2.75, 3.05) is 48.3 Å². The molecule has 0 aromatic heterocycles. The highest BCUT2D eigenvalue weighted by molar-refractivity contribution is 6.01. The minimum Gasteiger partial charge on any atom is -0.367 e. The SMILES string of the molecule is NC(=O)N(CCCc1ccccc1)C(=O)Nc1ccc(N2CCN(C3CCCCC3)CC2)c(NC(=O)CCCc2ccccc2)c1. The third-order valence-corrected chi connectivity index (χ3v) is 9.18. The highest BCUT2D eigenvalue weighted by atomic mass is 16.2. The van der Waals surface area contributed by atoms with Gasteiger partial charge in [0.2, 0.25) is 5.91 Å². The Labute approximate surface area is 273 Å². The Morgan fingerprint density at radius 2 is 1.39 bits per heavy atom. The summed E-state index contributed by atoms with van der Waals surface area (Å²) in [5.74, 6) is -0.0684. The minimum atomic E-state index is -0.801. The molecule has 4 N–H and O–H groups in total. The first-order valence-corrected chi connectivity index (χ1v) is 16.8. The molecule has 3 aromatic carbocycles. The van der Waals surface area contributed by atoms with Crippen LogP contribution in [0.2, 0.25) is 0 Å². The number of nitrogens with zero attached hydrogens (tertiary/aromatic N) is 3. The van der Waals surface area contributed by atoms with Crippen molar-refractivity contribution < 1.29 is 14.4 Å². The molecule has 2 fully saturated rings. The van der Waals surface area contributed by atoms with Crippen LogP contribution in [0.4, 0.5) is 26.7 Å². The van der Waals surface area contributed by atoms with Gasteiger partial charge in [0, 0.05) is 50.9 Å². The number of nitrogens with one attached hydrogen (secondary N) is 2. The van der Waals surface area contributed by atoms with E-state index in [9.17, 15) is 14.4 Å². The van der Waals surface area contributed by atoms with E-state index in [1.165, 1.54) is 37.7 Å². The predicted molar refractivity (Wildman–Crippen MR) is 185 cm³/mol. The van der Waals surface area contributed by atoms with Gasteiger partial charge in [0.1, 0.15) is 0 Å². The Morgan fingerprint density at radius 1 is 0.761 bits per heavy atom. The van der Waals surface area contributed by atoms with E-state index in [-0.39, 0.29) is 12.5 Å². The lowest BCUT2D eigenvalue weighted by molar-refractivity contribution is -0.116. The summed E-state index contributed by atoms with van der Waals surface area (Å²) in [4.78, 5) is 44.5. The molecule has 0 radical (unpaired) electrons. The smallest absolute Gasteiger partial charge is 0.329 e. The Balaban J connectivity index is 1.24. The zero-order valence-electron chi connectivity index (χ0n) is 26.8. The van der Waals surface area contributed by atoms with Gasteiger partial charge in [-0.1, -0.05) is 79.9 Å². The first-order valence-electron chi connectivity index (χ1n) is 16.8. The highest BCUT2D eigenvalue weighted by Gasteiger charge is 2.27.